The molecule has 1 aromatic carbocycles. The minimum Gasteiger partial charge on any atom is -0.492 e. The van der Waals surface area contributed by atoms with E-state index in [2.05, 4.69) is 0 Å². The zero-order valence-electron chi connectivity index (χ0n) is 9.75. The second kappa shape index (κ2) is 6.48. The van der Waals surface area contributed by atoms with Crippen LogP contribution in [-0.4, -0.2) is 13.2 Å². The van der Waals surface area contributed by atoms with Crippen molar-refractivity contribution in [3.63, 3.8) is 0 Å². The molecule has 4 heteroatoms. The molecule has 2 N–H and O–H groups in total. The number of hydrogen-bond donors (Lipinski definition) is 1. The van der Waals surface area contributed by atoms with Crippen LogP contribution in [0.1, 0.15) is 26.7 Å². The number of hydrogen-bond acceptors (Lipinski definition) is 3. The van der Waals surface area contributed by atoms with Crippen molar-refractivity contribution in [2.24, 2.45) is 0 Å². The van der Waals surface area contributed by atoms with Gasteiger partial charge in [0, 0.05) is 6.07 Å². The van der Waals surface area contributed by atoms with Gasteiger partial charge in [-0.05, 0) is 18.9 Å². The molecule has 0 saturated heterocycles. The molecule has 0 aromatic heterocycles. The van der Waals surface area contributed by atoms with Gasteiger partial charge in [-0.25, -0.2) is 0 Å². The van der Waals surface area contributed by atoms with Crippen LogP contribution in [-0.2, 0) is 0 Å². The van der Waals surface area contributed by atoms with E-state index < -0.39 is 0 Å². The Hall–Kier alpha value is -1.09. The summed E-state index contributed by atoms with van der Waals surface area (Å²) in [4.78, 5) is 0. The van der Waals surface area contributed by atoms with E-state index in [0.29, 0.717) is 35.4 Å². The Kier molecular flexibility index (Phi) is 5.26. The Labute approximate surface area is 101 Å². The smallest absolute Gasteiger partial charge is 0.145 e. The van der Waals surface area contributed by atoms with Gasteiger partial charge in [0.25, 0.3) is 0 Å². The highest BCUT2D eigenvalue weighted by atomic mass is 35.5. The summed E-state index contributed by atoms with van der Waals surface area (Å²) >= 11 is 6.01. The molecule has 0 heterocycles. The van der Waals surface area contributed by atoms with Crippen molar-refractivity contribution in [3.8, 4) is 11.5 Å². The molecular formula is C12H18ClNO2. The SMILES string of the molecule is CCCOc1cc(OCCC)c(Cl)cc1N. The zero-order chi connectivity index (χ0) is 12.0. The van der Waals surface area contributed by atoms with Crippen LogP contribution in [0.25, 0.3) is 0 Å². The predicted octanol–water partition coefficient (Wildman–Crippen LogP) is 3.50. The van der Waals surface area contributed by atoms with Gasteiger partial charge in [0.1, 0.15) is 11.5 Å². The van der Waals surface area contributed by atoms with Crippen LogP contribution >= 0.6 is 11.6 Å². The summed E-state index contributed by atoms with van der Waals surface area (Å²) in [6.45, 7) is 5.36. The lowest BCUT2D eigenvalue weighted by Crippen LogP contribution is -2.01. The summed E-state index contributed by atoms with van der Waals surface area (Å²) in [7, 11) is 0. The first-order valence-electron chi connectivity index (χ1n) is 5.53. The van der Waals surface area contributed by atoms with E-state index in [1.807, 2.05) is 13.8 Å². The number of anilines is 1. The van der Waals surface area contributed by atoms with Gasteiger partial charge >= 0.3 is 0 Å². The van der Waals surface area contributed by atoms with Crippen LogP contribution in [0.3, 0.4) is 0 Å². The fourth-order valence-corrected chi connectivity index (χ4v) is 1.44. The molecule has 0 radical (unpaired) electrons. The van der Waals surface area contributed by atoms with Crippen molar-refractivity contribution in [1.29, 1.82) is 0 Å². The van der Waals surface area contributed by atoms with Crippen molar-refractivity contribution < 1.29 is 9.47 Å². The number of benzene rings is 1. The van der Waals surface area contributed by atoms with Gasteiger partial charge < -0.3 is 15.2 Å². The highest BCUT2D eigenvalue weighted by Crippen LogP contribution is 2.34. The van der Waals surface area contributed by atoms with E-state index in [4.69, 9.17) is 26.8 Å². The van der Waals surface area contributed by atoms with E-state index in [1.165, 1.54) is 0 Å². The number of rotatable bonds is 6. The van der Waals surface area contributed by atoms with Crippen LogP contribution in [0.4, 0.5) is 5.69 Å². The Morgan fingerprint density at radius 1 is 1.06 bits per heavy atom. The van der Waals surface area contributed by atoms with Crippen molar-refractivity contribution in [3.05, 3.63) is 17.2 Å². The third-order valence-electron chi connectivity index (χ3n) is 1.99. The van der Waals surface area contributed by atoms with Crippen LogP contribution in [0.15, 0.2) is 12.1 Å². The molecular weight excluding hydrogens is 226 g/mol. The van der Waals surface area contributed by atoms with Crippen molar-refractivity contribution >= 4 is 17.3 Å². The van der Waals surface area contributed by atoms with Crippen molar-refractivity contribution in [2.45, 2.75) is 26.7 Å². The quantitative estimate of drug-likeness (QED) is 0.778. The first-order chi connectivity index (χ1) is 7.69. The van der Waals surface area contributed by atoms with E-state index >= 15 is 0 Å². The van der Waals surface area contributed by atoms with Gasteiger partial charge in [-0.2, -0.15) is 0 Å². The fraction of sp³-hybridized carbons (Fsp3) is 0.500. The van der Waals surface area contributed by atoms with Gasteiger partial charge in [0.2, 0.25) is 0 Å². The lowest BCUT2D eigenvalue weighted by molar-refractivity contribution is 0.303. The molecule has 0 atom stereocenters. The number of ether oxygens (including phenoxy) is 2. The maximum absolute atomic E-state index is 6.01. The van der Waals surface area contributed by atoms with Gasteiger partial charge in [-0.15, -0.1) is 0 Å². The zero-order valence-corrected chi connectivity index (χ0v) is 10.5. The Morgan fingerprint density at radius 2 is 1.62 bits per heavy atom. The van der Waals surface area contributed by atoms with Gasteiger partial charge in [-0.1, -0.05) is 25.4 Å². The maximum Gasteiger partial charge on any atom is 0.145 e. The van der Waals surface area contributed by atoms with Crippen LogP contribution in [0.5, 0.6) is 11.5 Å². The molecule has 0 bridgehead atoms. The fourth-order valence-electron chi connectivity index (χ4n) is 1.21. The summed E-state index contributed by atoms with van der Waals surface area (Å²) in [5.74, 6) is 1.26. The average molecular weight is 244 g/mol. The third kappa shape index (κ3) is 3.49. The highest BCUT2D eigenvalue weighted by Gasteiger charge is 2.08. The van der Waals surface area contributed by atoms with Gasteiger partial charge in [-0.3, -0.25) is 0 Å². The molecule has 0 aliphatic heterocycles. The summed E-state index contributed by atoms with van der Waals surface area (Å²) in [6, 6.07) is 3.42. The third-order valence-corrected chi connectivity index (χ3v) is 2.28. The topological polar surface area (TPSA) is 44.5 Å². The molecule has 0 fully saturated rings. The average Bonchev–Trinajstić information content (AvgIpc) is 2.26. The van der Waals surface area contributed by atoms with Gasteiger partial charge in [0.05, 0.1) is 23.9 Å². The van der Waals surface area contributed by atoms with E-state index in [9.17, 15) is 0 Å². The van der Waals surface area contributed by atoms with E-state index in [-0.39, 0.29) is 0 Å². The van der Waals surface area contributed by atoms with E-state index in [1.54, 1.807) is 12.1 Å². The minimum atomic E-state index is 0.523. The Morgan fingerprint density at radius 3 is 2.19 bits per heavy atom. The molecule has 0 unspecified atom stereocenters. The normalized spacial score (nSPS) is 10.2. The number of halogens is 1. The maximum atomic E-state index is 6.01. The summed E-state index contributed by atoms with van der Waals surface area (Å²) in [5, 5.41) is 0.523. The van der Waals surface area contributed by atoms with Crippen molar-refractivity contribution in [2.75, 3.05) is 18.9 Å². The number of nitrogen functional groups attached to an aromatic ring is 1. The number of nitrogens with two attached hydrogens (primary N) is 1. The molecule has 0 amide bonds. The molecule has 1 aromatic rings. The Bertz CT molecular complexity index is 313. The summed E-state index contributed by atoms with van der Waals surface area (Å²) in [5.41, 5.74) is 6.34. The monoisotopic (exact) mass is 243 g/mol. The molecule has 1 rings (SSSR count). The van der Waals surface area contributed by atoms with Crippen molar-refractivity contribution in [1.82, 2.24) is 0 Å². The van der Waals surface area contributed by atoms with Crippen LogP contribution in [0, 0.1) is 0 Å². The second-order valence-electron chi connectivity index (χ2n) is 3.52. The summed E-state index contributed by atoms with van der Waals surface area (Å²) in [6.07, 6.45) is 1.87. The first-order valence-corrected chi connectivity index (χ1v) is 5.91. The first kappa shape index (κ1) is 13.0. The molecule has 90 valence electrons. The Balaban J connectivity index is 2.83. The predicted molar refractivity (Wildman–Crippen MR) is 67.4 cm³/mol. The second-order valence-corrected chi connectivity index (χ2v) is 3.92. The lowest BCUT2D eigenvalue weighted by atomic mass is 10.2. The van der Waals surface area contributed by atoms with Crippen LogP contribution < -0.4 is 15.2 Å². The molecule has 3 nitrogen and oxygen atoms in total. The molecule has 0 aliphatic carbocycles. The molecule has 0 saturated carbocycles. The standard InChI is InChI=1S/C12H18ClNO2/c1-3-5-15-11-8-12(16-6-4-2)10(14)7-9(11)13/h7-8H,3-6,14H2,1-2H3. The summed E-state index contributed by atoms with van der Waals surface area (Å²) < 4.78 is 11.0. The highest BCUT2D eigenvalue weighted by molar-refractivity contribution is 6.32. The largest absolute Gasteiger partial charge is 0.492 e. The molecule has 0 aliphatic rings. The van der Waals surface area contributed by atoms with Gasteiger partial charge in [0.15, 0.2) is 0 Å². The van der Waals surface area contributed by atoms with Crippen LogP contribution in [0.2, 0.25) is 5.02 Å². The lowest BCUT2D eigenvalue weighted by Gasteiger charge is -2.12. The van der Waals surface area contributed by atoms with E-state index in [0.717, 1.165) is 12.8 Å². The molecule has 0 spiro atoms. The molecule has 16 heavy (non-hydrogen) atoms. The minimum absolute atomic E-state index is 0.523.